The second-order valence-electron chi connectivity index (χ2n) is 6.52. The van der Waals surface area contributed by atoms with Gasteiger partial charge in [-0.05, 0) is 33.6 Å². The lowest BCUT2D eigenvalue weighted by atomic mass is 10.1. The van der Waals surface area contributed by atoms with Gasteiger partial charge >= 0.3 is 12.2 Å². The van der Waals surface area contributed by atoms with Crippen LogP contribution in [-0.4, -0.2) is 60.9 Å². The first-order chi connectivity index (χ1) is 9.07. The monoisotopic (exact) mass is 286 g/mol. The lowest BCUT2D eigenvalue weighted by Crippen LogP contribution is -2.43. The van der Waals surface area contributed by atoms with Crippen molar-refractivity contribution in [1.29, 1.82) is 0 Å². The van der Waals surface area contributed by atoms with Crippen molar-refractivity contribution < 1.29 is 19.1 Å². The lowest BCUT2D eigenvalue weighted by Gasteiger charge is -2.31. The highest BCUT2D eigenvalue weighted by Crippen LogP contribution is 2.44. The quantitative estimate of drug-likeness (QED) is 0.796. The van der Waals surface area contributed by atoms with Gasteiger partial charge in [-0.15, -0.1) is 0 Å². The van der Waals surface area contributed by atoms with E-state index in [0.717, 1.165) is 12.8 Å². The predicted molar refractivity (Wildman–Crippen MR) is 75.6 cm³/mol. The van der Waals surface area contributed by atoms with Crippen molar-refractivity contribution in [3.8, 4) is 0 Å². The molecule has 0 spiro atoms. The minimum absolute atomic E-state index is 0.213. The summed E-state index contributed by atoms with van der Waals surface area (Å²) in [5, 5.41) is 0. The highest BCUT2D eigenvalue weighted by Gasteiger charge is 2.49. The smallest absolute Gasteiger partial charge is 0.410 e. The fourth-order valence-corrected chi connectivity index (χ4v) is 1.88. The summed E-state index contributed by atoms with van der Waals surface area (Å²) in [7, 11) is 5.03. The van der Waals surface area contributed by atoms with E-state index in [2.05, 4.69) is 0 Å². The SMILES string of the molecule is CN(C)C(=O)OCCC1(N(C)C(=O)OC(C)(C)C)CC1. The fraction of sp³-hybridized carbons (Fsp3) is 0.857. The van der Waals surface area contributed by atoms with E-state index in [4.69, 9.17) is 9.47 Å². The van der Waals surface area contributed by atoms with Crippen LogP contribution in [0.25, 0.3) is 0 Å². The normalized spacial score (nSPS) is 16.3. The number of hydrogen-bond donors (Lipinski definition) is 0. The van der Waals surface area contributed by atoms with Gasteiger partial charge in [0.2, 0.25) is 0 Å². The molecule has 0 aromatic rings. The molecule has 0 aromatic carbocycles. The van der Waals surface area contributed by atoms with Gasteiger partial charge in [0.1, 0.15) is 5.60 Å². The molecule has 2 amide bonds. The zero-order valence-electron chi connectivity index (χ0n) is 13.4. The van der Waals surface area contributed by atoms with E-state index in [1.807, 2.05) is 20.8 Å². The summed E-state index contributed by atoms with van der Waals surface area (Å²) in [6.07, 6.45) is 1.79. The van der Waals surface area contributed by atoms with Gasteiger partial charge in [-0.1, -0.05) is 0 Å². The third-order valence-corrected chi connectivity index (χ3v) is 3.36. The lowest BCUT2D eigenvalue weighted by molar-refractivity contribution is 0.0161. The third kappa shape index (κ3) is 4.58. The Labute approximate surface area is 121 Å². The van der Waals surface area contributed by atoms with Gasteiger partial charge in [0.05, 0.1) is 6.61 Å². The van der Waals surface area contributed by atoms with E-state index < -0.39 is 5.60 Å². The van der Waals surface area contributed by atoms with Gasteiger partial charge < -0.3 is 19.3 Å². The summed E-state index contributed by atoms with van der Waals surface area (Å²) in [5.74, 6) is 0. The zero-order valence-corrected chi connectivity index (χ0v) is 13.4. The van der Waals surface area contributed by atoms with Crippen LogP contribution >= 0.6 is 0 Å². The van der Waals surface area contributed by atoms with Crippen molar-refractivity contribution in [2.75, 3.05) is 27.7 Å². The summed E-state index contributed by atoms with van der Waals surface area (Å²) in [5.41, 5.74) is -0.715. The van der Waals surface area contributed by atoms with Crippen LogP contribution in [0.3, 0.4) is 0 Å². The molecule has 1 aliphatic rings. The Bertz CT molecular complexity index is 370. The van der Waals surface area contributed by atoms with Crippen LogP contribution in [0.2, 0.25) is 0 Å². The maximum absolute atomic E-state index is 12.0. The van der Waals surface area contributed by atoms with Crippen molar-refractivity contribution in [3.63, 3.8) is 0 Å². The molecule has 1 saturated carbocycles. The first-order valence-corrected chi connectivity index (χ1v) is 6.88. The highest BCUT2D eigenvalue weighted by atomic mass is 16.6. The standard InChI is InChI=1S/C14H26N2O4/c1-13(2,3)20-12(18)16(6)14(7-8-14)9-10-19-11(17)15(4)5/h7-10H2,1-6H3. The maximum atomic E-state index is 12.0. The number of hydrogen-bond acceptors (Lipinski definition) is 4. The molecule has 6 nitrogen and oxygen atoms in total. The summed E-state index contributed by atoms with van der Waals surface area (Å²) < 4.78 is 10.5. The molecule has 116 valence electrons. The average Bonchev–Trinajstić information content (AvgIpc) is 3.06. The van der Waals surface area contributed by atoms with Crippen molar-refractivity contribution in [2.45, 2.75) is 51.2 Å². The number of carbonyl (C=O) groups is 2. The van der Waals surface area contributed by atoms with Crippen molar-refractivity contribution in [3.05, 3.63) is 0 Å². The van der Waals surface area contributed by atoms with E-state index in [9.17, 15) is 9.59 Å². The number of ether oxygens (including phenoxy) is 2. The first kappa shape index (κ1) is 16.6. The molecule has 1 aliphatic carbocycles. The Kier molecular flexibility index (Phi) is 4.89. The Balaban J connectivity index is 2.45. The van der Waals surface area contributed by atoms with E-state index >= 15 is 0 Å². The van der Waals surface area contributed by atoms with Gasteiger partial charge in [-0.2, -0.15) is 0 Å². The Morgan fingerprint density at radius 1 is 1.10 bits per heavy atom. The summed E-state index contributed by atoms with van der Waals surface area (Å²) >= 11 is 0. The van der Waals surface area contributed by atoms with Crippen molar-refractivity contribution >= 4 is 12.2 Å². The van der Waals surface area contributed by atoms with Crippen molar-refractivity contribution in [1.82, 2.24) is 9.80 Å². The maximum Gasteiger partial charge on any atom is 0.410 e. The van der Waals surface area contributed by atoms with Crippen LogP contribution in [0.15, 0.2) is 0 Å². The summed E-state index contributed by atoms with van der Waals surface area (Å²) in [6.45, 7) is 5.84. The fourth-order valence-electron chi connectivity index (χ4n) is 1.88. The van der Waals surface area contributed by atoms with Crippen LogP contribution < -0.4 is 0 Å². The molecule has 0 unspecified atom stereocenters. The van der Waals surface area contributed by atoms with Gasteiger partial charge in [0, 0.05) is 33.1 Å². The third-order valence-electron chi connectivity index (χ3n) is 3.36. The minimum atomic E-state index is -0.501. The van der Waals surface area contributed by atoms with E-state index in [1.54, 1.807) is 26.0 Å². The molecule has 0 atom stereocenters. The van der Waals surface area contributed by atoms with Crippen LogP contribution in [0.1, 0.15) is 40.0 Å². The molecule has 0 saturated heterocycles. The van der Waals surface area contributed by atoms with Crippen LogP contribution in [0, 0.1) is 0 Å². The average molecular weight is 286 g/mol. The molecule has 0 radical (unpaired) electrons. The Hall–Kier alpha value is -1.46. The van der Waals surface area contributed by atoms with Crippen LogP contribution in [-0.2, 0) is 9.47 Å². The minimum Gasteiger partial charge on any atom is -0.449 e. The second kappa shape index (κ2) is 5.89. The molecule has 20 heavy (non-hydrogen) atoms. The molecular formula is C14H26N2O4. The zero-order chi connectivity index (χ0) is 15.6. The molecule has 0 aromatic heterocycles. The molecule has 1 rings (SSSR count). The number of amides is 2. The van der Waals surface area contributed by atoms with Crippen LogP contribution in [0.4, 0.5) is 9.59 Å². The molecular weight excluding hydrogens is 260 g/mol. The van der Waals surface area contributed by atoms with Gasteiger partial charge in [0.15, 0.2) is 0 Å². The van der Waals surface area contributed by atoms with Gasteiger partial charge in [-0.25, -0.2) is 9.59 Å². The van der Waals surface area contributed by atoms with Gasteiger partial charge in [0.25, 0.3) is 0 Å². The first-order valence-electron chi connectivity index (χ1n) is 6.88. The largest absolute Gasteiger partial charge is 0.449 e. The highest BCUT2D eigenvalue weighted by molar-refractivity contribution is 5.69. The molecule has 0 N–H and O–H groups in total. The van der Waals surface area contributed by atoms with E-state index in [-0.39, 0.29) is 17.7 Å². The predicted octanol–water partition coefficient (Wildman–Crippen LogP) is 2.47. The Morgan fingerprint density at radius 3 is 2.05 bits per heavy atom. The molecule has 0 heterocycles. The molecule has 6 heteroatoms. The number of rotatable bonds is 4. The van der Waals surface area contributed by atoms with E-state index in [1.165, 1.54) is 4.90 Å². The second-order valence-corrected chi connectivity index (χ2v) is 6.52. The molecule has 0 aliphatic heterocycles. The number of nitrogens with zero attached hydrogens (tertiary/aromatic N) is 2. The van der Waals surface area contributed by atoms with Crippen molar-refractivity contribution in [2.24, 2.45) is 0 Å². The van der Waals surface area contributed by atoms with Crippen LogP contribution in [0.5, 0.6) is 0 Å². The van der Waals surface area contributed by atoms with Gasteiger partial charge in [-0.3, -0.25) is 0 Å². The molecule has 0 bridgehead atoms. The topological polar surface area (TPSA) is 59.1 Å². The van der Waals surface area contributed by atoms with E-state index in [0.29, 0.717) is 13.0 Å². The number of carbonyl (C=O) groups excluding carboxylic acids is 2. The summed E-state index contributed by atoms with van der Waals surface area (Å²) in [4.78, 5) is 26.4. The molecule has 1 fully saturated rings. The Morgan fingerprint density at radius 2 is 1.65 bits per heavy atom. The summed E-state index contributed by atoms with van der Waals surface area (Å²) in [6, 6.07) is 0.